The molecule has 0 fully saturated rings. The van der Waals surface area contributed by atoms with Crippen LogP contribution in [0.4, 0.5) is 13.6 Å². The van der Waals surface area contributed by atoms with Crippen molar-refractivity contribution < 1.29 is 33.0 Å². The second-order valence-electron chi connectivity index (χ2n) is 9.72. The van der Waals surface area contributed by atoms with Gasteiger partial charge in [-0.15, -0.1) is 0 Å². The number of carbonyl (C=O) groups excluding carboxylic acids is 3. The SMILES string of the molecule is CC(C)(C)OC(=O)NC(Cc1ccc(CCCC=C=O)cc1)C(O)C(F)(F)C(=O)NCc1ccccc1. The zero-order valence-electron chi connectivity index (χ0n) is 21.3. The first-order valence-electron chi connectivity index (χ1n) is 12.1. The number of hydrogen-bond acceptors (Lipinski definition) is 5. The number of hydrogen-bond donors (Lipinski definition) is 3. The first kappa shape index (κ1) is 29.7. The lowest BCUT2D eigenvalue weighted by Gasteiger charge is -2.30. The summed E-state index contributed by atoms with van der Waals surface area (Å²) < 4.78 is 35.3. The lowest BCUT2D eigenvalue weighted by Crippen LogP contribution is -2.58. The smallest absolute Gasteiger partial charge is 0.407 e. The Morgan fingerprint density at radius 3 is 2.24 bits per heavy atom. The topological polar surface area (TPSA) is 105 Å². The lowest BCUT2D eigenvalue weighted by atomic mass is 9.95. The van der Waals surface area contributed by atoms with Gasteiger partial charge in [-0.3, -0.25) is 4.79 Å². The molecule has 7 nitrogen and oxygen atoms in total. The van der Waals surface area contributed by atoms with Gasteiger partial charge < -0.3 is 20.5 Å². The molecule has 0 saturated carbocycles. The predicted molar refractivity (Wildman–Crippen MR) is 136 cm³/mol. The molecule has 2 aromatic carbocycles. The van der Waals surface area contributed by atoms with Gasteiger partial charge in [0, 0.05) is 6.54 Å². The third-order valence-corrected chi connectivity index (χ3v) is 5.43. The molecule has 9 heteroatoms. The van der Waals surface area contributed by atoms with Gasteiger partial charge in [0.25, 0.3) is 5.91 Å². The molecule has 2 unspecified atom stereocenters. The summed E-state index contributed by atoms with van der Waals surface area (Å²) in [5, 5.41) is 15.1. The molecule has 200 valence electrons. The summed E-state index contributed by atoms with van der Waals surface area (Å²) in [7, 11) is 0. The maximum Gasteiger partial charge on any atom is 0.407 e. The fraction of sp³-hybridized carbons (Fsp3) is 0.429. The van der Waals surface area contributed by atoms with Gasteiger partial charge in [-0.05, 0) is 69.2 Å². The predicted octanol–water partition coefficient (Wildman–Crippen LogP) is 4.15. The molecule has 0 spiro atoms. The number of alkyl carbamates (subject to hydrolysis) is 1. The Morgan fingerprint density at radius 2 is 1.65 bits per heavy atom. The van der Waals surface area contributed by atoms with E-state index in [2.05, 4.69) is 10.6 Å². The van der Waals surface area contributed by atoms with Crippen LogP contribution in [0.3, 0.4) is 0 Å². The lowest BCUT2D eigenvalue weighted by molar-refractivity contribution is -0.167. The largest absolute Gasteiger partial charge is 0.444 e. The minimum absolute atomic E-state index is 0.143. The first-order valence-corrected chi connectivity index (χ1v) is 12.1. The van der Waals surface area contributed by atoms with E-state index in [9.17, 15) is 19.5 Å². The van der Waals surface area contributed by atoms with Crippen molar-refractivity contribution in [3.8, 4) is 0 Å². The molecule has 3 N–H and O–H groups in total. The molecule has 2 rings (SSSR count). The van der Waals surface area contributed by atoms with Crippen molar-refractivity contribution in [2.75, 3.05) is 0 Å². The van der Waals surface area contributed by atoms with Crippen LogP contribution in [0.1, 0.15) is 50.3 Å². The molecule has 0 heterocycles. The Bertz CT molecular complexity index is 1060. The number of halogens is 2. The third-order valence-electron chi connectivity index (χ3n) is 5.43. The minimum atomic E-state index is -4.19. The van der Waals surface area contributed by atoms with Gasteiger partial charge in [-0.1, -0.05) is 54.6 Å². The number of benzene rings is 2. The highest BCUT2D eigenvalue weighted by molar-refractivity contribution is 5.84. The van der Waals surface area contributed by atoms with Crippen LogP contribution < -0.4 is 10.6 Å². The van der Waals surface area contributed by atoms with Crippen molar-refractivity contribution in [2.24, 2.45) is 0 Å². The molecule has 0 aliphatic carbocycles. The number of rotatable bonds is 12. The number of aliphatic hydroxyl groups is 1. The quantitative estimate of drug-likeness (QED) is 0.291. The average molecular weight is 517 g/mol. The van der Waals surface area contributed by atoms with Crippen LogP contribution in [-0.4, -0.2) is 46.7 Å². The van der Waals surface area contributed by atoms with E-state index in [1.54, 1.807) is 69.2 Å². The van der Waals surface area contributed by atoms with E-state index in [0.29, 0.717) is 24.0 Å². The van der Waals surface area contributed by atoms with Crippen LogP contribution in [0.2, 0.25) is 0 Å². The molecule has 0 aromatic heterocycles. The van der Waals surface area contributed by atoms with Crippen LogP contribution in [-0.2, 0) is 33.7 Å². The summed E-state index contributed by atoms with van der Waals surface area (Å²) >= 11 is 0. The Labute approximate surface area is 215 Å². The van der Waals surface area contributed by atoms with Gasteiger partial charge in [0.15, 0.2) is 0 Å². The number of amides is 2. The second-order valence-corrected chi connectivity index (χ2v) is 9.72. The van der Waals surface area contributed by atoms with E-state index in [1.807, 2.05) is 12.1 Å². The van der Waals surface area contributed by atoms with Crippen molar-refractivity contribution in [1.29, 1.82) is 0 Å². The zero-order valence-corrected chi connectivity index (χ0v) is 21.3. The second kappa shape index (κ2) is 13.7. The Kier molecular flexibility index (Phi) is 11.0. The van der Waals surface area contributed by atoms with Crippen LogP contribution >= 0.6 is 0 Å². The number of nitrogens with one attached hydrogen (secondary N) is 2. The Hall–Kier alpha value is -3.55. The number of aliphatic hydroxyl groups excluding tert-OH is 1. The Balaban J connectivity index is 2.15. The van der Waals surface area contributed by atoms with Crippen LogP contribution in [0.25, 0.3) is 0 Å². The van der Waals surface area contributed by atoms with E-state index in [4.69, 9.17) is 4.74 Å². The summed E-state index contributed by atoms with van der Waals surface area (Å²) in [5.41, 5.74) is 1.27. The molecule has 0 aliphatic heterocycles. The molecule has 2 amide bonds. The highest BCUT2D eigenvalue weighted by Crippen LogP contribution is 2.24. The highest BCUT2D eigenvalue weighted by atomic mass is 19.3. The highest BCUT2D eigenvalue weighted by Gasteiger charge is 2.50. The monoisotopic (exact) mass is 516 g/mol. The molecule has 0 saturated heterocycles. The van der Waals surface area contributed by atoms with E-state index < -0.39 is 35.7 Å². The fourth-order valence-electron chi connectivity index (χ4n) is 3.55. The van der Waals surface area contributed by atoms with Crippen LogP contribution in [0.5, 0.6) is 0 Å². The van der Waals surface area contributed by atoms with E-state index in [0.717, 1.165) is 12.0 Å². The zero-order chi connectivity index (χ0) is 27.5. The van der Waals surface area contributed by atoms with Crippen molar-refractivity contribution >= 4 is 17.9 Å². The number of ether oxygens (including phenoxy) is 1. The molecule has 0 radical (unpaired) electrons. The van der Waals surface area contributed by atoms with E-state index >= 15 is 8.78 Å². The molecule has 37 heavy (non-hydrogen) atoms. The van der Waals surface area contributed by atoms with Gasteiger partial charge in [0.2, 0.25) is 0 Å². The summed E-state index contributed by atoms with van der Waals surface area (Å²) in [4.78, 5) is 35.0. The summed E-state index contributed by atoms with van der Waals surface area (Å²) in [6.45, 7) is 4.71. The standard InChI is InChI=1S/C28H34F2N2O5/c1-27(2,3)37-26(36)32-23(18-21-15-13-20(14-16-21)10-8-5-9-17-33)24(34)28(29,30)25(35)31-19-22-11-6-4-7-12-22/h4,6-7,9,11-16,23-24,34H,5,8,10,18-19H2,1-3H3,(H,31,35)(H,32,36). The molecular weight excluding hydrogens is 482 g/mol. The number of allylic oxidation sites excluding steroid dienone is 1. The van der Waals surface area contributed by atoms with Crippen LogP contribution in [0.15, 0.2) is 60.7 Å². The molecule has 2 aromatic rings. The van der Waals surface area contributed by atoms with Gasteiger partial charge in [-0.2, -0.15) is 8.78 Å². The van der Waals surface area contributed by atoms with Gasteiger partial charge >= 0.3 is 12.0 Å². The van der Waals surface area contributed by atoms with E-state index in [-0.39, 0.29) is 13.0 Å². The first-order chi connectivity index (χ1) is 17.4. The minimum Gasteiger partial charge on any atom is -0.444 e. The van der Waals surface area contributed by atoms with Gasteiger partial charge in [0.05, 0.1) is 6.04 Å². The number of carbonyl (C=O) groups is 2. The summed E-state index contributed by atoms with van der Waals surface area (Å²) in [6.07, 6.45) is -0.209. The normalized spacial score (nSPS) is 13.1. The number of alkyl halides is 2. The van der Waals surface area contributed by atoms with Gasteiger partial charge in [-0.25, -0.2) is 9.59 Å². The Morgan fingerprint density at radius 1 is 1.03 bits per heavy atom. The van der Waals surface area contributed by atoms with Crippen molar-refractivity contribution in [3.05, 3.63) is 77.4 Å². The third kappa shape index (κ3) is 10.1. The van der Waals surface area contributed by atoms with Crippen molar-refractivity contribution in [2.45, 2.75) is 76.7 Å². The molecule has 0 bridgehead atoms. The number of unbranched alkanes of at least 4 members (excludes halogenated alkanes) is 1. The maximum absolute atomic E-state index is 15.0. The summed E-state index contributed by atoms with van der Waals surface area (Å²) in [5.74, 6) is -4.12. The fourth-order valence-corrected chi connectivity index (χ4v) is 3.55. The van der Waals surface area contributed by atoms with Crippen molar-refractivity contribution in [3.63, 3.8) is 0 Å². The van der Waals surface area contributed by atoms with Crippen molar-refractivity contribution in [1.82, 2.24) is 10.6 Å². The maximum atomic E-state index is 15.0. The van der Waals surface area contributed by atoms with Gasteiger partial charge in [0.1, 0.15) is 17.6 Å². The molecule has 0 aliphatic rings. The average Bonchev–Trinajstić information content (AvgIpc) is 2.84. The molecule has 2 atom stereocenters. The number of aryl methyl sites for hydroxylation is 1. The van der Waals surface area contributed by atoms with Crippen LogP contribution in [0, 0.1) is 0 Å². The van der Waals surface area contributed by atoms with E-state index in [1.165, 1.54) is 6.08 Å². The molecular formula is C28H34F2N2O5. The summed E-state index contributed by atoms with van der Waals surface area (Å²) in [6, 6.07) is 14.0.